The van der Waals surface area contributed by atoms with Crippen LogP contribution in [0.1, 0.15) is 44.2 Å². The Morgan fingerprint density at radius 1 is 1.27 bits per heavy atom. The van der Waals surface area contributed by atoms with E-state index in [9.17, 15) is 9.59 Å². The molecule has 0 bridgehead atoms. The number of carboxylic acid groups (broad SMARTS) is 1. The minimum Gasteiger partial charge on any atom is -0.478 e. The van der Waals surface area contributed by atoms with Gasteiger partial charge < -0.3 is 15.2 Å². The number of carbonyl (C=O) groups is 2. The van der Waals surface area contributed by atoms with Crippen LogP contribution in [0, 0.1) is 0 Å². The van der Waals surface area contributed by atoms with E-state index in [1.54, 1.807) is 6.08 Å². The molecule has 1 aliphatic rings. The summed E-state index contributed by atoms with van der Waals surface area (Å²) >= 11 is 0. The van der Waals surface area contributed by atoms with E-state index in [0.717, 1.165) is 23.6 Å². The first kappa shape index (κ1) is 16.1. The standard InChI is InChI=1S/C17H21NO4/c1-17(2,3)22-16(21)18-14-10-13(14)12-7-4-11(5-8-12)6-9-15(19)20/h4-9,13-14H,10H2,1-3H3,(H,18,21)(H,19,20)/b9-6+/t13-,14+/m0/s1. The molecular formula is C17H21NO4. The summed E-state index contributed by atoms with van der Waals surface area (Å²) in [6.07, 6.45) is 3.17. The van der Waals surface area contributed by atoms with Gasteiger partial charge in [-0.05, 0) is 44.4 Å². The minimum atomic E-state index is -0.965. The van der Waals surface area contributed by atoms with E-state index in [1.807, 2.05) is 45.0 Å². The first-order chi connectivity index (χ1) is 10.2. The first-order valence-electron chi connectivity index (χ1n) is 7.25. The molecule has 1 aromatic rings. The van der Waals surface area contributed by atoms with Crippen LogP contribution in [0.25, 0.3) is 6.08 Å². The van der Waals surface area contributed by atoms with E-state index < -0.39 is 11.6 Å². The van der Waals surface area contributed by atoms with Crippen molar-refractivity contribution in [1.29, 1.82) is 0 Å². The predicted molar refractivity (Wildman–Crippen MR) is 83.6 cm³/mol. The topological polar surface area (TPSA) is 75.6 Å². The van der Waals surface area contributed by atoms with Gasteiger partial charge in [-0.3, -0.25) is 0 Å². The van der Waals surface area contributed by atoms with Crippen molar-refractivity contribution in [1.82, 2.24) is 5.32 Å². The SMILES string of the molecule is CC(C)(C)OC(=O)N[C@@H]1C[C@H]1c1ccc(/C=C/C(=O)O)cc1. The van der Waals surface area contributed by atoms with Crippen LogP contribution in [0.2, 0.25) is 0 Å². The van der Waals surface area contributed by atoms with Gasteiger partial charge in [-0.1, -0.05) is 24.3 Å². The summed E-state index contributed by atoms with van der Waals surface area (Å²) < 4.78 is 5.23. The molecule has 0 aromatic heterocycles. The maximum atomic E-state index is 11.7. The predicted octanol–water partition coefficient (Wildman–Crippen LogP) is 3.17. The lowest BCUT2D eigenvalue weighted by Crippen LogP contribution is -2.34. The second kappa shape index (κ2) is 6.22. The number of alkyl carbamates (subject to hydrolysis) is 1. The van der Waals surface area contributed by atoms with Crippen LogP contribution in [-0.4, -0.2) is 28.8 Å². The Bertz CT molecular complexity index is 584. The quantitative estimate of drug-likeness (QED) is 0.838. The lowest BCUT2D eigenvalue weighted by atomic mass is 10.1. The van der Waals surface area contributed by atoms with Crippen molar-refractivity contribution in [3.63, 3.8) is 0 Å². The van der Waals surface area contributed by atoms with E-state index in [2.05, 4.69) is 5.32 Å². The summed E-state index contributed by atoms with van der Waals surface area (Å²) in [6, 6.07) is 7.77. The molecule has 2 N–H and O–H groups in total. The highest BCUT2D eigenvalue weighted by molar-refractivity contribution is 5.85. The van der Waals surface area contributed by atoms with Crippen molar-refractivity contribution in [2.45, 2.75) is 44.8 Å². The number of aliphatic carboxylic acids is 1. The Kier molecular flexibility index (Phi) is 4.54. The number of rotatable bonds is 4. The number of ether oxygens (including phenoxy) is 1. The average molecular weight is 303 g/mol. The van der Waals surface area contributed by atoms with Gasteiger partial charge in [-0.15, -0.1) is 0 Å². The van der Waals surface area contributed by atoms with Gasteiger partial charge in [-0.25, -0.2) is 9.59 Å². The molecule has 1 saturated carbocycles. The molecule has 2 rings (SSSR count). The van der Waals surface area contributed by atoms with Crippen LogP contribution in [0.3, 0.4) is 0 Å². The van der Waals surface area contributed by atoms with Crippen molar-refractivity contribution in [3.8, 4) is 0 Å². The first-order valence-corrected chi connectivity index (χ1v) is 7.25. The van der Waals surface area contributed by atoms with Gasteiger partial charge in [0.25, 0.3) is 0 Å². The molecule has 22 heavy (non-hydrogen) atoms. The Balaban J connectivity index is 1.87. The van der Waals surface area contributed by atoms with Gasteiger partial charge in [0.1, 0.15) is 5.60 Å². The van der Waals surface area contributed by atoms with Crippen molar-refractivity contribution in [2.24, 2.45) is 0 Å². The van der Waals surface area contributed by atoms with E-state index in [0.29, 0.717) is 5.92 Å². The molecule has 0 radical (unpaired) electrons. The van der Waals surface area contributed by atoms with Crippen LogP contribution in [-0.2, 0) is 9.53 Å². The highest BCUT2D eigenvalue weighted by Crippen LogP contribution is 2.40. The van der Waals surface area contributed by atoms with Crippen molar-refractivity contribution in [3.05, 3.63) is 41.5 Å². The monoisotopic (exact) mass is 303 g/mol. The fraction of sp³-hybridized carbons (Fsp3) is 0.412. The fourth-order valence-corrected chi connectivity index (χ4v) is 2.20. The minimum absolute atomic E-state index is 0.107. The second-order valence-electron chi connectivity index (χ2n) is 6.43. The summed E-state index contributed by atoms with van der Waals surface area (Å²) in [5.41, 5.74) is 1.48. The largest absolute Gasteiger partial charge is 0.478 e. The number of amides is 1. The number of hydrogen-bond donors (Lipinski definition) is 2. The normalized spacial score (nSPS) is 20.7. The third kappa shape index (κ3) is 4.91. The Morgan fingerprint density at radius 3 is 2.45 bits per heavy atom. The van der Waals surface area contributed by atoms with E-state index >= 15 is 0 Å². The van der Waals surface area contributed by atoms with Crippen LogP contribution >= 0.6 is 0 Å². The third-order valence-corrected chi connectivity index (χ3v) is 3.28. The fourth-order valence-electron chi connectivity index (χ4n) is 2.20. The zero-order valence-corrected chi connectivity index (χ0v) is 13.0. The molecule has 5 heteroatoms. The summed E-state index contributed by atoms with van der Waals surface area (Å²) in [4.78, 5) is 22.2. The zero-order chi connectivity index (χ0) is 16.3. The molecule has 118 valence electrons. The van der Waals surface area contributed by atoms with Gasteiger partial charge in [-0.2, -0.15) is 0 Å². The van der Waals surface area contributed by atoms with E-state index in [1.165, 1.54) is 0 Å². The third-order valence-electron chi connectivity index (χ3n) is 3.28. The highest BCUT2D eigenvalue weighted by atomic mass is 16.6. The van der Waals surface area contributed by atoms with Crippen molar-refractivity contribution >= 4 is 18.1 Å². The van der Waals surface area contributed by atoms with Crippen LogP contribution in [0.4, 0.5) is 4.79 Å². The van der Waals surface area contributed by atoms with Gasteiger partial charge in [0.2, 0.25) is 0 Å². The maximum Gasteiger partial charge on any atom is 0.407 e. The number of benzene rings is 1. The molecular weight excluding hydrogens is 282 g/mol. The lowest BCUT2D eigenvalue weighted by Gasteiger charge is -2.19. The molecule has 0 heterocycles. The molecule has 2 atom stereocenters. The number of carbonyl (C=O) groups excluding carboxylic acids is 1. The molecule has 1 aromatic carbocycles. The molecule has 0 saturated heterocycles. The Hall–Kier alpha value is -2.30. The molecule has 5 nitrogen and oxygen atoms in total. The number of carboxylic acids is 1. The molecule has 0 spiro atoms. The molecule has 1 amide bonds. The van der Waals surface area contributed by atoms with Gasteiger partial charge >= 0.3 is 12.1 Å². The van der Waals surface area contributed by atoms with Crippen LogP contribution in [0.5, 0.6) is 0 Å². The lowest BCUT2D eigenvalue weighted by molar-refractivity contribution is -0.131. The second-order valence-corrected chi connectivity index (χ2v) is 6.43. The number of hydrogen-bond acceptors (Lipinski definition) is 3. The average Bonchev–Trinajstić information content (AvgIpc) is 3.13. The zero-order valence-electron chi connectivity index (χ0n) is 13.0. The van der Waals surface area contributed by atoms with Crippen molar-refractivity contribution < 1.29 is 19.4 Å². The maximum absolute atomic E-state index is 11.7. The summed E-state index contributed by atoms with van der Waals surface area (Å²) in [5.74, 6) is -0.669. The van der Waals surface area contributed by atoms with E-state index in [4.69, 9.17) is 9.84 Å². The smallest absolute Gasteiger partial charge is 0.407 e. The summed E-state index contributed by atoms with van der Waals surface area (Å²) in [7, 11) is 0. The molecule has 1 aliphatic carbocycles. The summed E-state index contributed by atoms with van der Waals surface area (Å²) in [6.45, 7) is 5.50. The highest BCUT2D eigenvalue weighted by Gasteiger charge is 2.40. The molecule has 0 unspecified atom stereocenters. The molecule has 1 fully saturated rings. The van der Waals surface area contributed by atoms with Gasteiger partial charge in [0.05, 0.1) is 0 Å². The Labute approximate surface area is 130 Å². The molecule has 0 aliphatic heterocycles. The summed E-state index contributed by atoms with van der Waals surface area (Å²) in [5, 5.41) is 11.4. The number of nitrogens with one attached hydrogen (secondary N) is 1. The van der Waals surface area contributed by atoms with E-state index in [-0.39, 0.29) is 12.1 Å². The van der Waals surface area contributed by atoms with Gasteiger partial charge in [0.15, 0.2) is 0 Å². The van der Waals surface area contributed by atoms with Gasteiger partial charge in [0, 0.05) is 18.0 Å². The van der Waals surface area contributed by atoms with Crippen molar-refractivity contribution in [2.75, 3.05) is 0 Å². The van der Waals surface area contributed by atoms with Crippen LogP contribution < -0.4 is 5.32 Å². The van der Waals surface area contributed by atoms with Crippen LogP contribution in [0.15, 0.2) is 30.3 Å². The Morgan fingerprint density at radius 2 is 1.91 bits per heavy atom.